The van der Waals surface area contributed by atoms with Crippen molar-refractivity contribution < 1.29 is 4.74 Å². The van der Waals surface area contributed by atoms with E-state index in [4.69, 9.17) is 4.74 Å². The molecule has 1 aromatic heterocycles. The number of rotatable bonds is 8. The van der Waals surface area contributed by atoms with E-state index in [0.29, 0.717) is 18.3 Å². The van der Waals surface area contributed by atoms with Crippen LogP contribution in [0.5, 0.6) is 5.75 Å². The standard InChI is InChI=1S/C20H23N5O/c1-15-4-3-5-17(12-15)13-22-19-14-23-25-20(24-19)21-11-10-16-6-8-18(26-2)9-7-16/h3-9,12,14H,10-11,13H2,1-2H3,(H2,21,22,24,25). The first-order valence-corrected chi connectivity index (χ1v) is 8.59. The molecule has 0 aliphatic carbocycles. The number of nitrogens with zero attached hydrogens (tertiary/aromatic N) is 3. The number of nitrogens with one attached hydrogen (secondary N) is 2. The summed E-state index contributed by atoms with van der Waals surface area (Å²) in [6, 6.07) is 16.4. The summed E-state index contributed by atoms with van der Waals surface area (Å²) >= 11 is 0. The maximum Gasteiger partial charge on any atom is 0.244 e. The Morgan fingerprint density at radius 1 is 1.00 bits per heavy atom. The van der Waals surface area contributed by atoms with Gasteiger partial charge in [-0.1, -0.05) is 42.0 Å². The Kier molecular flexibility index (Phi) is 5.98. The van der Waals surface area contributed by atoms with Crippen molar-refractivity contribution in [2.75, 3.05) is 24.3 Å². The van der Waals surface area contributed by atoms with Gasteiger partial charge in [-0.15, -0.1) is 5.10 Å². The summed E-state index contributed by atoms with van der Waals surface area (Å²) in [4.78, 5) is 4.45. The van der Waals surface area contributed by atoms with E-state index >= 15 is 0 Å². The topological polar surface area (TPSA) is 72.0 Å². The molecule has 0 atom stereocenters. The molecule has 6 nitrogen and oxygen atoms in total. The molecule has 3 aromatic rings. The molecule has 0 saturated heterocycles. The van der Waals surface area contributed by atoms with E-state index in [0.717, 1.165) is 18.7 Å². The van der Waals surface area contributed by atoms with Gasteiger partial charge in [-0.05, 0) is 36.6 Å². The lowest BCUT2D eigenvalue weighted by molar-refractivity contribution is 0.414. The van der Waals surface area contributed by atoms with Gasteiger partial charge in [0.25, 0.3) is 0 Å². The number of aryl methyl sites for hydroxylation is 1. The minimum absolute atomic E-state index is 0.521. The number of anilines is 2. The van der Waals surface area contributed by atoms with E-state index in [-0.39, 0.29) is 0 Å². The SMILES string of the molecule is COc1ccc(CCNc2nncc(NCc3cccc(C)c3)n2)cc1. The number of benzene rings is 2. The monoisotopic (exact) mass is 349 g/mol. The Hall–Kier alpha value is -3.15. The van der Waals surface area contributed by atoms with Gasteiger partial charge in [0.15, 0.2) is 5.82 Å². The average molecular weight is 349 g/mol. The summed E-state index contributed by atoms with van der Waals surface area (Å²) in [7, 11) is 1.67. The molecule has 0 aliphatic rings. The fourth-order valence-corrected chi connectivity index (χ4v) is 2.59. The first kappa shape index (κ1) is 17.7. The van der Waals surface area contributed by atoms with Crippen molar-refractivity contribution in [1.29, 1.82) is 0 Å². The zero-order valence-electron chi connectivity index (χ0n) is 15.1. The molecule has 1 heterocycles. The molecule has 0 fully saturated rings. The molecule has 0 radical (unpaired) electrons. The molecular weight excluding hydrogens is 326 g/mol. The number of hydrogen-bond acceptors (Lipinski definition) is 6. The van der Waals surface area contributed by atoms with Gasteiger partial charge in [-0.25, -0.2) is 0 Å². The lowest BCUT2D eigenvalue weighted by Gasteiger charge is -2.08. The van der Waals surface area contributed by atoms with Crippen molar-refractivity contribution >= 4 is 11.8 Å². The summed E-state index contributed by atoms with van der Waals surface area (Å²) in [5.74, 6) is 2.09. The third kappa shape index (κ3) is 5.17. The van der Waals surface area contributed by atoms with E-state index in [1.165, 1.54) is 16.7 Å². The van der Waals surface area contributed by atoms with Gasteiger partial charge >= 0.3 is 0 Å². The fraction of sp³-hybridized carbons (Fsp3) is 0.250. The van der Waals surface area contributed by atoms with E-state index in [9.17, 15) is 0 Å². The van der Waals surface area contributed by atoms with Gasteiger partial charge in [0, 0.05) is 13.1 Å². The van der Waals surface area contributed by atoms with E-state index in [1.807, 2.05) is 12.1 Å². The molecule has 0 saturated carbocycles. The molecule has 0 bridgehead atoms. The third-order valence-electron chi connectivity index (χ3n) is 3.97. The number of ether oxygens (including phenoxy) is 1. The smallest absolute Gasteiger partial charge is 0.244 e. The Labute approximate surface area is 153 Å². The second-order valence-electron chi connectivity index (χ2n) is 6.03. The van der Waals surface area contributed by atoms with Crippen LogP contribution < -0.4 is 15.4 Å². The first-order valence-electron chi connectivity index (χ1n) is 8.59. The van der Waals surface area contributed by atoms with Crippen molar-refractivity contribution in [2.24, 2.45) is 0 Å². The highest BCUT2D eigenvalue weighted by Gasteiger charge is 2.01. The van der Waals surface area contributed by atoms with Gasteiger partial charge in [0.1, 0.15) is 5.75 Å². The minimum atomic E-state index is 0.521. The maximum absolute atomic E-state index is 5.17. The van der Waals surface area contributed by atoms with Crippen molar-refractivity contribution in [2.45, 2.75) is 19.9 Å². The van der Waals surface area contributed by atoms with E-state index in [1.54, 1.807) is 13.3 Å². The molecule has 3 rings (SSSR count). The van der Waals surface area contributed by atoms with Crippen LogP contribution in [0.4, 0.5) is 11.8 Å². The molecule has 2 aromatic carbocycles. The van der Waals surface area contributed by atoms with Gasteiger partial charge in [0.05, 0.1) is 13.3 Å². The van der Waals surface area contributed by atoms with Crippen LogP contribution >= 0.6 is 0 Å². The van der Waals surface area contributed by atoms with Gasteiger partial charge in [0.2, 0.25) is 5.95 Å². The predicted molar refractivity (Wildman–Crippen MR) is 104 cm³/mol. The number of hydrogen-bond donors (Lipinski definition) is 2. The summed E-state index contributed by atoms with van der Waals surface area (Å²) < 4.78 is 5.17. The van der Waals surface area contributed by atoms with Crippen LogP contribution in [0.1, 0.15) is 16.7 Å². The molecule has 2 N–H and O–H groups in total. The van der Waals surface area contributed by atoms with Crippen molar-refractivity contribution in [1.82, 2.24) is 15.2 Å². The maximum atomic E-state index is 5.17. The van der Waals surface area contributed by atoms with Gasteiger partial charge in [-0.3, -0.25) is 0 Å². The molecule has 134 valence electrons. The molecule has 6 heteroatoms. The lowest BCUT2D eigenvalue weighted by Crippen LogP contribution is -2.10. The summed E-state index contributed by atoms with van der Waals surface area (Å²) in [6.07, 6.45) is 2.50. The van der Waals surface area contributed by atoms with Crippen LogP contribution in [0.3, 0.4) is 0 Å². The molecule has 0 spiro atoms. The highest BCUT2D eigenvalue weighted by atomic mass is 16.5. The minimum Gasteiger partial charge on any atom is -0.497 e. The molecule has 0 unspecified atom stereocenters. The van der Waals surface area contributed by atoms with Crippen LogP contribution in [-0.4, -0.2) is 28.8 Å². The summed E-state index contributed by atoms with van der Waals surface area (Å²) in [5.41, 5.74) is 3.67. The summed E-state index contributed by atoms with van der Waals surface area (Å²) in [5, 5.41) is 14.5. The van der Waals surface area contributed by atoms with Crippen LogP contribution in [0.2, 0.25) is 0 Å². The normalized spacial score (nSPS) is 10.4. The predicted octanol–water partition coefficient (Wildman–Crippen LogP) is 3.46. The zero-order chi connectivity index (χ0) is 18.2. The zero-order valence-corrected chi connectivity index (χ0v) is 15.1. The van der Waals surface area contributed by atoms with Gasteiger partial charge in [-0.2, -0.15) is 10.1 Å². The highest BCUT2D eigenvalue weighted by Crippen LogP contribution is 2.12. The molecule has 0 aliphatic heterocycles. The Morgan fingerprint density at radius 3 is 2.62 bits per heavy atom. The van der Waals surface area contributed by atoms with Crippen molar-refractivity contribution in [3.63, 3.8) is 0 Å². The van der Waals surface area contributed by atoms with Crippen LogP contribution in [0.25, 0.3) is 0 Å². The quantitative estimate of drug-likeness (QED) is 0.649. The highest BCUT2D eigenvalue weighted by molar-refractivity contribution is 5.38. The second kappa shape index (κ2) is 8.80. The number of methoxy groups -OCH3 is 1. The summed E-state index contributed by atoms with van der Waals surface area (Å²) in [6.45, 7) is 3.52. The van der Waals surface area contributed by atoms with E-state index < -0.39 is 0 Å². The Morgan fingerprint density at radius 2 is 1.85 bits per heavy atom. The Bertz CT molecular complexity index is 836. The van der Waals surface area contributed by atoms with E-state index in [2.05, 4.69) is 69.1 Å². The molecular formula is C20H23N5O. The molecule has 0 amide bonds. The van der Waals surface area contributed by atoms with Crippen LogP contribution in [0.15, 0.2) is 54.7 Å². The van der Waals surface area contributed by atoms with Crippen molar-refractivity contribution in [3.05, 3.63) is 71.4 Å². The van der Waals surface area contributed by atoms with Gasteiger partial charge < -0.3 is 15.4 Å². The van der Waals surface area contributed by atoms with Crippen LogP contribution in [0, 0.1) is 6.92 Å². The second-order valence-corrected chi connectivity index (χ2v) is 6.03. The Balaban J connectivity index is 1.50. The average Bonchev–Trinajstić information content (AvgIpc) is 2.67. The largest absolute Gasteiger partial charge is 0.497 e. The first-order chi connectivity index (χ1) is 12.7. The van der Waals surface area contributed by atoms with Crippen molar-refractivity contribution in [3.8, 4) is 5.75 Å². The third-order valence-corrected chi connectivity index (χ3v) is 3.97. The lowest BCUT2D eigenvalue weighted by atomic mass is 10.1. The molecule has 26 heavy (non-hydrogen) atoms. The number of aromatic nitrogens is 3. The fourth-order valence-electron chi connectivity index (χ4n) is 2.59. The van der Waals surface area contributed by atoms with Crippen LogP contribution in [-0.2, 0) is 13.0 Å².